The van der Waals surface area contributed by atoms with Crippen LogP contribution in [0, 0.1) is 0 Å². The quantitative estimate of drug-likeness (QED) is 0.602. The molecule has 1 aliphatic carbocycles. The normalized spacial score (nSPS) is 21.4. The number of anilines is 1. The number of hydrogen-bond acceptors (Lipinski definition) is 6. The molecule has 1 aromatic heterocycles. The average Bonchev–Trinajstić information content (AvgIpc) is 3.25. The molecule has 2 saturated heterocycles. The number of aryl methyl sites for hydroxylation is 1. The van der Waals surface area contributed by atoms with Gasteiger partial charge in [-0.15, -0.1) is 24.8 Å². The minimum atomic E-state index is -0.234. The van der Waals surface area contributed by atoms with Crippen LogP contribution in [-0.2, 0) is 11.2 Å². The number of carbonyl (C=O) groups is 1. The van der Waals surface area contributed by atoms with Crippen molar-refractivity contribution in [1.29, 1.82) is 0 Å². The fourth-order valence-corrected chi connectivity index (χ4v) is 5.74. The molecule has 0 unspecified atom stereocenters. The van der Waals surface area contributed by atoms with Gasteiger partial charge in [0.1, 0.15) is 12.1 Å². The van der Waals surface area contributed by atoms with Gasteiger partial charge in [0.25, 0.3) is 0 Å². The fraction of sp³-hybridized carbons (Fsp3) is 0.577. The summed E-state index contributed by atoms with van der Waals surface area (Å²) in [6.45, 7) is 7.52. The molecule has 5 rings (SSSR count). The lowest BCUT2D eigenvalue weighted by Gasteiger charge is -2.39. The van der Waals surface area contributed by atoms with Crippen LogP contribution in [0.3, 0.4) is 0 Å². The number of rotatable bonds is 5. The molecule has 0 saturated carbocycles. The van der Waals surface area contributed by atoms with Crippen molar-refractivity contribution in [2.75, 3.05) is 50.7 Å². The third kappa shape index (κ3) is 6.25. The summed E-state index contributed by atoms with van der Waals surface area (Å²) >= 11 is 6.13. The Labute approximate surface area is 231 Å². The highest BCUT2D eigenvalue weighted by Gasteiger charge is 2.33. The van der Waals surface area contributed by atoms with Crippen LogP contribution in [0.4, 0.5) is 5.82 Å². The largest absolute Gasteiger partial charge is 0.393 e. The topological polar surface area (TPSA) is 72.8 Å². The smallest absolute Gasteiger partial charge is 0.231 e. The van der Waals surface area contributed by atoms with E-state index in [1.165, 1.54) is 11.3 Å². The highest BCUT2D eigenvalue weighted by Crippen LogP contribution is 2.37. The molecular formula is C26H36Cl3N5O2. The maximum atomic E-state index is 13.8. The summed E-state index contributed by atoms with van der Waals surface area (Å²) < 4.78 is 0. The number of hydrogen-bond donors (Lipinski definition) is 1. The number of carbonyl (C=O) groups excluding carboxylic acids is 1. The van der Waals surface area contributed by atoms with Gasteiger partial charge in [0.05, 0.1) is 12.0 Å². The van der Waals surface area contributed by atoms with Crippen molar-refractivity contribution in [2.45, 2.75) is 50.5 Å². The summed E-state index contributed by atoms with van der Waals surface area (Å²) in [4.78, 5) is 29.6. The van der Waals surface area contributed by atoms with Gasteiger partial charge in [-0.25, -0.2) is 9.97 Å². The Hall–Kier alpha value is -1.64. The summed E-state index contributed by atoms with van der Waals surface area (Å²) in [5.41, 5.74) is 3.49. The van der Waals surface area contributed by atoms with Crippen molar-refractivity contribution in [3.05, 3.63) is 52.4 Å². The summed E-state index contributed by atoms with van der Waals surface area (Å²) in [6.07, 6.45) is 5.16. The minimum absolute atomic E-state index is 0. The van der Waals surface area contributed by atoms with E-state index in [0.717, 1.165) is 63.2 Å². The second-order valence-corrected chi connectivity index (χ2v) is 10.4. The summed E-state index contributed by atoms with van der Waals surface area (Å²) in [6, 6.07) is 7.69. The molecule has 1 aromatic carbocycles. The van der Waals surface area contributed by atoms with E-state index in [-0.39, 0.29) is 42.7 Å². The third-order valence-electron chi connectivity index (χ3n) is 7.71. The van der Waals surface area contributed by atoms with E-state index in [4.69, 9.17) is 11.6 Å². The monoisotopic (exact) mass is 555 g/mol. The van der Waals surface area contributed by atoms with Crippen molar-refractivity contribution in [1.82, 2.24) is 19.8 Å². The molecule has 2 fully saturated rings. The summed E-state index contributed by atoms with van der Waals surface area (Å²) in [5.74, 6) is 1.49. The number of aliphatic hydroxyl groups is 1. The molecule has 10 heteroatoms. The van der Waals surface area contributed by atoms with Gasteiger partial charge in [0.15, 0.2) is 0 Å². The van der Waals surface area contributed by atoms with Crippen molar-refractivity contribution in [3.63, 3.8) is 0 Å². The van der Waals surface area contributed by atoms with E-state index in [1.807, 2.05) is 29.2 Å². The van der Waals surface area contributed by atoms with Crippen LogP contribution in [0.5, 0.6) is 0 Å². The van der Waals surface area contributed by atoms with Gasteiger partial charge in [-0.2, -0.15) is 0 Å². The molecule has 0 radical (unpaired) electrons. The number of aliphatic hydroxyl groups excluding tert-OH is 1. The Morgan fingerprint density at radius 3 is 2.36 bits per heavy atom. The van der Waals surface area contributed by atoms with E-state index in [1.54, 1.807) is 6.33 Å². The van der Waals surface area contributed by atoms with Gasteiger partial charge in [-0.05, 0) is 49.3 Å². The Morgan fingerprint density at radius 1 is 1.03 bits per heavy atom. The molecular weight excluding hydrogens is 521 g/mol. The fourth-order valence-electron chi connectivity index (χ4n) is 5.62. The highest BCUT2D eigenvalue weighted by molar-refractivity contribution is 6.30. The molecule has 2 atom stereocenters. The zero-order chi connectivity index (χ0) is 23.7. The molecule has 36 heavy (non-hydrogen) atoms. The van der Waals surface area contributed by atoms with E-state index in [9.17, 15) is 9.90 Å². The number of piperazine rings is 1. The predicted octanol–water partition coefficient (Wildman–Crippen LogP) is 3.91. The second-order valence-electron chi connectivity index (χ2n) is 9.95. The first-order valence-corrected chi connectivity index (χ1v) is 12.9. The van der Waals surface area contributed by atoms with Crippen LogP contribution in [0.25, 0.3) is 0 Å². The van der Waals surface area contributed by atoms with E-state index in [0.29, 0.717) is 30.6 Å². The van der Waals surface area contributed by atoms with Crippen LogP contribution in [0.15, 0.2) is 30.6 Å². The molecule has 1 amide bonds. The van der Waals surface area contributed by atoms with Gasteiger partial charge in [-0.1, -0.05) is 30.7 Å². The van der Waals surface area contributed by atoms with Gasteiger partial charge < -0.3 is 19.8 Å². The number of nitrogens with zero attached hydrogens (tertiary/aromatic N) is 5. The van der Waals surface area contributed by atoms with E-state index >= 15 is 0 Å². The molecule has 198 valence electrons. The zero-order valence-electron chi connectivity index (χ0n) is 20.7. The molecule has 2 aliphatic heterocycles. The van der Waals surface area contributed by atoms with Crippen LogP contribution >= 0.6 is 36.4 Å². The number of halogens is 3. The Kier molecular flexibility index (Phi) is 10.2. The standard InChI is InChI=1S/C26H34ClN5O2.2ClH/c1-18-2-7-23-24(18)25(29-17-28-23)31-12-14-32(15-13-31)26(34)22(19-3-5-20(27)6-4-19)16-30-10-8-21(33)9-11-30;;/h3-6,17-18,21-22,33H,2,7-16H2,1H3;2*1H/t18-,22-;;/m1../s1. The Bertz CT molecular complexity index is 1010. The molecule has 0 bridgehead atoms. The van der Waals surface area contributed by atoms with E-state index < -0.39 is 0 Å². The Morgan fingerprint density at radius 2 is 1.69 bits per heavy atom. The predicted molar refractivity (Wildman–Crippen MR) is 148 cm³/mol. The SMILES string of the molecule is C[C@@H]1CCc2ncnc(N3CCN(C(=O)[C@H](CN4CCC(O)CC4)c4ccc(Cl)cc4)CC3)c21.Cl.Cl. The van der Waals surface area contributed by atoms with Crippen LogP contribution in [-0.4, -0.2) is 82.7 Å². The maximum Gasteiger partial charge on any atom is 0.231 e. The van der Waals surface area contributed by atoms with Crippen molar-refractivity contribution in [3.8, 4) is 0 Å². The number of fused-ring (bicyclic) bond motifs is 1. The molecule has 0 spiro atoms. The molecule has 3 aliphatic rings. The van der Waals surface area contributed by atoms with Gasteiger partial charge >= 0.3 is 0 Å². The highest BCUT2D eigenvalue weighted by atomic mass is 35.5. The van der Waals surface area contributed by atoms with Crippen LogP contribution < -0.4 is 4.90 Å². The molecule has 2 aromatic rings. The number of benzene rings is 1. The lowest BCUT2D eigenvalue weighted by Crippen LogP contribution is -2.52. The number of likely N-dealkylation sites (tertiary alicyclic amines) is 1. The molecule has 3 heterocycles. The zero-order valence-corrected chi connectivity index (χ0v) is 23.1. The van der Waals surface area contributed by atoms with Crippen LogP contribution in [0.1, 0.15) is 54.8 Å². The van der Waals surface area contributed by atoms with Crippen molar-refractivity contribution >= 4 is 48.1 Å². The average molecular weight is 557 g/mol. The lowest BCUT2D eigenvalue weighted by atomic mass is 9.95. The van der Waals surface area contributed by atoms with Crippen molar-refractivity contribution < 1.29 is 9.90 Å². The summed E-state index contributed by atoms with van der Waals surface area (Å²) in [7, 11) is 0. The first-order chi connectivity index (χ1) is 16.5. The molecule has 1 N–H and O–H groups in total. The first-order valence-electron chi connectivity index (χ1n) is 12.5. The maximum absolute atomic E-state index is 13.8. The number of piperidine rings is 1. The lowest BCUT2D eigenvalue weighted by molar-refractivity contribution is -0.133. The minimum Gasteiger partial charge on any atom is -0.393 e. The summed E-state index contributed by atoms with van der Waals surface area (Å²) in [5, 5.41) is 10.6. The van der Waals surface area contributed by atoms with Crippen molar-refractivity contribution in [2.24, 2.45) is 0 Å². The van der Waals surface area contributed by atoms with Gasteiger partial charge in [0.2, 0.25) is 5.91 Å². The van der Waals surface area contributed by atoms with E-state index in [2.05, 4.69) is 26.7 Å². The van der Waals surface area contributed by atoms with Crippen LogP contribution in [0.2, 0.25) is 5.02 Å². The molecule has 7 nitrogen and oxygen atoms in total. The second kappa shape index (κ2) is 12.7. The number of aromatic nitrogens is 2. The first kappa shape index (κ1) is 28.9. The number of amides is 1. The van der Waals surface area contributed by atoms with Gasteiger partial charge in [-0.3, -0.25) is 4.79 Å². The third-order valence-corrected chi connectivity index (χ3v) is 7.96. The van der Waals surface area contributed by atoms with Gasteiger partial charge in [0, 0.05) is 62.1 Å². The Balaban J connectivity index is 0.00000180.